The van der Waals surface area contributed by atoms with Crippen LogP contribution in [0, 0.1) is 5.92 Å². The van der Waals surface area contributed by atoms with E-state index in [4.69, 9.17) is 4.99 Å². The molecule has 0 aromatic carbocycles. The molecule has 24 heavy (non-hydrogen) atoms. The van der Waals surface area contributed by atoms with Crippen LogP contribution in [0.15, 0.2) is 4.99 Å². The number of halogens is 1. The fourth-order valence-electron chi connectivity index (χ4n) is 3.90. The van der Waals surface area contributed by atoms with Crippen LogP contribution in [0.3, 0.4) is 0 Å². The highest BCUT2D eigenvalue weighted by Crippen LogP contribution is 2.20. The minimum atomic E-state index is 0. The predicted octanol–water partition coefficient (Wildman–Crippen LogP) is 2.54. The summed E-state index contributed by atoms with van der Waals surface area (Å²) < 4.78 is 0. The van der Waals surface area contributed by atoms with Crippen LogP contribution in [0.1, 0.15) is 52.4 Å². The standard InChI is InChI=1S/C18H36N4O.HI/c1-3-7-16(9-13-23)14-20-18(19-4-2)22-12-8-17(15-22)21-10-5-6-11-21;/h16-17,23H,3-15H2,1-2H3,(H,19,20);1H. The highest BCUT2D eigenvalue weighted by Gasteiger charge is 2.30. The molecule has 2 aliphatic heterocycles. The summed E-state index contributed by atoms with van der Waals surface area (Å²) in [6.45, 7) is 11.2. The fourth-order valence-corrected chi connectivity index (χ4v) is 3.90. The monoisotopic (exact) mass is 452 g/mol. The average molecular weight is 452 g/mol. The topological polar surface area (TPSA) is 51.1 Å². The van der Waals surface area contributed by atoms with Crippen molar-refractivity contribution < 1.29 is 5.11 Å². The van der Waals surface area contributed by atoms with Gasteiger partial charge in [0.2, 0.25) is 0 Å². The molecule has 2 fully saturated rings. The molecule has 5 nitrogen and oxygen atoms in total. The lowest BCUT2D eigenvalue weighted by Crippen LogP contribution is -2.43. The van der Waals surface area contributed by atoms with Gasteiger partial charge in [-0.05, 0) is 58.0 Å². The Hall–Kier alpha value is -0.0800. The smallest absolute Gasteiger partial charge is 0.193 e. The van der Waals surface area contributed by atoms with Gasteiger partial charge >= 0.3 is 0 Å². The maximum atomic E-state index is 9.22. The summed E-state index contributed by atoms with van der Waals surface area (Å²) in [6, 6.07) is 0.713. The first-order valence-electron chi connectivity index (χ1n) is 9.66. The molecule has 0 radical (unpaired) electrons. The van der Waals surface area contributed by atoms with Gasteiger partial charge in [-0.3, -0.25) is 9.89 Å². The molecular formula is C18H37IN4O. The van der Waals surface area contributed by atoms with E-state index in [0.29, 0.717) is 12.0 Å². The number of hydrogen-bond donors (Lipinski definition) is 2. The Bertz CT molecular complexity index is 355. The van der Waals surface area contributed by atoms with E-state index in [1.807, 2.05) is 0 Å². The van der Waals surface area contributed by atoms with Crippen LogP contribution in [-0.2, 0) is 0 Å². The molecule has 6 heteroatoms. The number of nitrogens with one attached hydrogen (secondary N) is 1. The molecule has 2 N–H and O–H groups in total. The van der Waals surface area contributed by atoms with Crippen LogP contribution in [0.4, 0.5) is 0 Å². The first-order chi connectivity index (χ1) is 11.3. The second-order valence-corrected chi connectivity index (χ2v) is 6.99. The quantitative estimate of drug-likeness (QED) is 0.338. The van der Waals surface area contributed by atoms with Crippen molar-refractivity contribution in [2.75, 3.05) is 45.9 Å². The summed E-state index contributed by atoms with van der Waals surface area (Å²) in [5, 5.41) is 12.7. The summed E-state index contributed by atoms with van der Waals surface area (Å²) in [5.41, 5.74) is 0. The second kappa shape index (κ2) is 12.3. The SMILES string of the molecule is CCCC(CCO)CN=C(NCC)N1CCC(N2CCCC2)C1.I. The van der Waals surface area contributed by atoms with Crippen LogP contribution < -0.4 is 5.32 Å². The molecule has 0 bridgehead atoms. The van der Waals surface area contributed by atoms with Crippen molar-refractivity contribution in [2.24, 2.45) is 10.9 Å². The van der Waals surface area contributed by atoms with Crippen molar-refractivity contribution in [2.45, 2.75) is 58.4 Å². The summed E-state index contributed by atoms with van der Waals surface area (Å²) in [7, 11) is 0. The lowest BCUT2D eigenvalue weighted by atomic mass is 10.0. The van der Waals surface area contributed by atoms with Crippen LogP contribution in [0.2, 0.25) is 0 Å². The number of guanidine groups is 1. The van der Waals surface area contributed by atoms with Crippen molar-refractivity contribution in [3.63, 3.8) is 0 Å². The predicted molar refractivity (Wildman–Crippen MR) is 112 cm³/mol. The third kappa shape index (κ3) is 6.67. The van der Waals surface area contributed by atoms with E-state index >= 15 is 0 Å². The number of aliphatic imine (C=N–C) groups is 1. The first-order valence-corrected chi connectivity index (χ1v) is 9.66. The number of nitrogens with zero attached hydrogens (tertiary/aromatic N) is 3. The summed E-state index contributed by atoms with van der Waals surface area (Å²) >= 11 is 0. The van der Waals surface area contributed by atoms with E-state index in [1.165, 1.54) is 32.4 Å². The van der Waals surface area contributed by atoms with Gasteiger partial charge in [-0.2, -0.15) is 0 Å². The molecule has 2 unspecified atom stereocenters. The molecule has 0 spiro atoms. The Morgan fingerprint density at radius 3 is 2.58 bits per heavy atom. The van der Waals surface area contributed by atoms with E-state index in [1.54, 1.807) is 0 Å². The molecule has 0 saturated carbocycles. The van der Waals surface area contributed by atoms with Gasteiger partial charge in [-0.25, -0.2) is 0 Å². The van der Waals surface area contributed by atoms with Crippen molar-refractivity contribution in [1.82, 2.24) is 15.1 Å². The Morgan fingerprint density at radius 2 is 1.96 bits per heavy atom. The van der Waals surface area contributed by atoms with Crippen LogP contribution >= 0.6 is 24.0 Å². The molecule has 2 atom stereocenters. The number of aliphatic hydroxyl groups excluding tert-OH is 1. The normalized spacial score (nSPS) is 23.4. The van der Waals surface area contributed by atoms with Gasteiger partial charge in [0.25, 0.3) is 0 Å². The number of rotatable bonds is 8. The highest BCUT2D eigenvalue weighted by atomic mass is 127. The molecule has 142 valence electrons. The third-order valence-corrected chi connectivity index (χ3v) is 5.19. The number of aliphatic hydroxyl groups is 1. The molecule has 0 aromatic heterocycles. The maximum Gasteiger partial charge on any atom is 0.193 e. The largest absolute Gasteiger partial charge is 0.396 e. The van der Waals surface area contributed by atoms with Gasteiger partial charge < -0.3 is 15.3 Å². The zero-order valence-corrected chi connectivity index (χ0v) is 17.9. The lowest BCUT2D eigenvalue weighted by molar-refractivity contribution is 0.248. The van der Waals surface area contributed by atoms with Crippen LogP contribution in [0.25, 0.3) is 0 Å². The van der Waals surface area contributed by atoms with Crippen molar-refractivity contribution in [3.05, 3.63) is 0 Å². The van der Waals surface area contributed by atoms with E-state index in [2.05, 4.69) is 29.0 Å². The van der Waals surface area contributed by atoms with Gasteiger partial charge in [-0.1, -0.05) is 13.3 Å². The fraction of sp³-hybridized carbons (Fsp3) is 0.944. The van der Waals surface area contributed by atoms with Crippen molar-refractivity contribution in [1.29, 1.82) is 0 Å². The molecule has 2 saturated heterocycles. The minimum absolute atomic E-state index is 0. The molecular weight excluding hydrogens is 415 g/mol. The van der Waals surface area contributed by atoms with E-state index in [9.17, 15) is 5.11 Å². The van der Waals surface area contributed by atoms with E-state index in [-0.39, 0.29) is 30.6 Å². The Morgan fingerprint density at radius 1 is 1.21 bits per heavy atom. The number of hydrogen-bond acceptors (Lipinski definition) is 3. The Balaban J connectivity index is 0.00000288. The molecule has 0 aromatic rings. The summed E-state index contributed by atoms with van der Waals surface area (Å²) in [6.07, 6.45) is 7.18. The number of likely N-dealkylation sites (tertiary alicyclic amines) is 2. The average Bonchev–Trinajstić information content (AvgIpc) is 3.22. The maximum absolute atomic E-state index is 9.22. The third-order valence-electron chi connectivity index (χ3n) is 5.19. The summed E-state index contributed by atoms with van der Waals surface area (Å²) in [5.74, 6) is 1.59. The molecule has 2 aliphatic rings. The summed E-state index contributed by atoms with van der Waals surface area (Å²) in [4.78, 5) is 10.00. The van der Waals surface area contributed by atoms with E-state index < -0.39 is 0 Å². The minimum Gasteiger partial charge on any atom is -0.396 e. The molecule has 2 heterocycles. The zero-order valence-electron chi connectivity index (χ0n) is 15.5. The van der Waals surface area contributed by atoms with E-state index in [0.717, 1.165) is 51.4 Å². The Labute approximate surface area is 165 Å². The van der Waals surface area contributed by atoms with Gasteiger partial charge in [0.05, 0.1) is 0 Å². The van der Waals surface area contributed by atoms with Gasteiger partial charge in [0.15, 0.2) is 5.96 Å². The molecule has 0 amide bonds. The second-order valence-electron chi connectivity index (χ2n) is 6.99. The lowest BCUT2D eigenvalue weighted by Gasteiger charge is -2.26. The van der Waals surface area contributed by atoms with Crippen molar-refractivity contribution in [3.8, 4) is 0 Å². The van der Waals surface area contributed by atoms with Crippen molar-refractivity contribution >= 4 is 29.9 Å². The van der Waals surface area contributed by atoms with Crippen LogP contribution in [-0.4, -0.2) is 72.8 Å². The molecule has 2 rings (SSSR count). The van der Waals surface area contributed by atoms with Crippen LogP contribution in [0.5, 0.6) is 0 Å². The first kappa shape index (κ1) is 22.0. The van der Waals surface area contributed by atoms with Gasteiger partial charge in [-0.15, -0.1) is 24.0 Å². The van der Waals surface area contributed by atoms with Gasteiger partial charge in [0, 0.05) is 38.8 Å². The zero-order chi connectivity index (χ0) is 16.5. The molecule has 0 aliphatic carbocycles. The van der Waals surface area contributed by atoms with Gasteiger partial charge in [0.1, 0.15) is 0 Å². The highest BCUT2D eigenvalue weighted by molar-refractivity contribution is 14.0. The Kier molecular flexibility index (Phi) is 11.3.